The molecule has 0 saturated heterocycles. The Morgan fingerprint density at radius 3 is 1.52 bits per heavy atom. The van der Waals surface area contributed by atoms with Crippen molar-refractivity contribution in [2.75, 3.05) is 33.8 Å². The number of halogens is 6. The van der Waals surface area contributed by atoms with Crippen molar-refractivity contribution in [3.63, 3.8) is 0 Å². The van der Waals surface area contributed by atoms with Crippen molar-refractivity contribution < 1.29 is 59.2 Å². The number of aryl methyl sites for hydroxylation is 1. The van der Waals surface area contributed by atoms with E-state index in [1.165, 1.54) is 18.2 Å². The molecule has 8 rings (SSSR count). The van der Waals surface area contributed by atoms with Crippen LogP contribution in [0.25, 0.3) is 67.9 Å². The van der Waals surface area contributed by atoms with Crippen LogP contribution in [-0.4, -0.2) is 87.0 Å². The Bertz CT molecular complexity index is 3430. The Morgan fingerprint density at radius 1 is 0.537 bits per heavy atom. The van der Waals surface area contributed by atoms with E-state index in [9.17, 15) is 35.9 Å². The van der Waals surface area contributed by atoms with Crippen molar-refractivity contribution in [1.29, 1.82) is 0 Å². The van der Waals surface area contributed by atoms with E-state index in [1.54, 1.807) is 68.4 Å². The third kappa shape index (κ3) is 17.2. The molecule has 0 aliphatic rings. The Labute approximate surface area is 473 Å². The molecule has 0 fully saturated rings. The van der Waals surface area contributed by atoms with Crippen LogP contribution in [-0.2, 0) is 44.5 Å². The quantitative estimate of drug-likeness (QED) is 0.0594. The maximum Gasteiger partial charge on any atom is 0.417 e. The average molecular weight is 1130 g/mol. The predicted molar refractivity (Wildman–Crippen MR) is 301 cm³/mol. The summed E-state index contributed by atoms with van der Waals surface area (Å²) in [5.41, 5.74) is 3.35. The molecule has 0 bridgehead atoms. The number of benzene rings is 6. The van der Waals surface area contributed by atoms with Gasteiger partial charge in [-0.05, 0) is 152 Å². The number of aromatic nitrogens is 4. The van der Waals surface area contributed by atoms with E-state index in [-0.39, 0.29) is 65.1 Å². The molecule has 0 saturated carbocycles. The second-order valence-corrected chi connectivity index (χ2v) is 21.7. The number of hydrogen-bond donors (Lipinski definition) is 0. The highest BCUT2D eigenvalue weighted by atomic mass is 19.4. The molecule has 2 aromatic heterocycles. The molecular formula is C63H66F6N6O7. The second-order valence-electron chi connectivity index (χ2n) is 21.7. The van der Waals surface area contributed by atoms with Crippen molar-refractivity contribution in [3.05, 3.63) is 161 Å². The third-order valence-electron chi connectivity index (χ3n) is 12.4. The fraction of sp³-hybridized carbons (Fsp3) is 0.333. The lowest BCUT2D eigenvalue weighted by Gasteiger charge is -2.22. The molecule has 0 atom stereocenters. The lowest BCUT2D eigenvalue weighted by Crippen LogP contribution is -2.32. The third-order valence-corrected chi connectivity index (χ3v) is 12.4. The van der Waals surface area contributed by atoms with Gasteiger partial charge >= 0.3 is 24.3 Å². The highest BCUT2D eigenvalue weighted by Crippen LogP contribution is 2.43. The number of carbonyl (C=O) groups excluding carboxylic acids is 2. The minimum absolute atomic E-state index is 0.00984. The zero-order chi connectivity index (χ0) is 59.6. The maximum absolute atomic E-state index is 14.0. The maximum atomic E-state index is 14.0. The molecule has 8 aromatic rings. The van der Waals surface area contributed by atoms with Crippen LogP contribution in [0.3, 0.4) is 0 Å². The van der Waals surface area contributed by atoms with Gasteiger partial charge in [0.15, 0.2) is 0 Å². The van der Waals surface area contributed by atoms with Gasteiger partial charge < -0.3 is 28.2 Å². The normalized spacial score (nSPS) is 12.1. The Morgan fingerprint density at radius 2 is 1.00 bits per heavy atom. The van der Waals surface area contributed by atoms with Crippen LogP contribution in [0.5, 0.6) is 5.75 Å². The summed E-state index contributed by atoms with van der Waals surface area (Å²) in [7, 11) is 3.82. The number of esters is 2. The van der Waals surface area contributed by atoms with Gasteiger partial charge in [0.25, 0.3) is 11.8 Å². The molecular weight excluding hydrogens is 1070 g/mol. The van der Waals surface area contributed by atoms with Crippen LogP contribution < -0.4 is 4.74 Å². The van der Waals surface area contributed by atoms with E-state index >= 15 is 0 Å². The Hall–Kier alpha value is -8.16. The van der Waals surface area contributed by atoms with Crippen LogP contribution in [0.1, 0.15) is 89.1 Å². The molecule has 0 unspecified atom stereocenters. The van der Waals surface area contributed by atoms with Gasteiger partial charge in [0.1, 0.15) is 17.0 Å². The summed E-state index contributed by atoms with van der Waals surface area (Å²) in [4.78, 5) is 36.8. The van der Waals surface area contributed by atoms with Gasteiger partial charge in [-0.1, -0.05) is 107 Å². The van der Waals surface area contributed by atoms with Gasteiger partial charge in [0.05, 0.1) is 24.3 Å². The van der Waals surface area contributed by atoms with Crippen molar-refractivity contribution in [2.24, 2.45) is 0 Å². The monoisotopic (exact) mass is 1130 g/mol. The number of likely N-dealkylation sites (N-methyl/N-ethyl adjacent to an activating group) is 1. The summed E-state index contributed by atoms with van der Waals surface area (Å²) in [5, 5.41) is 8.08. The lowest BCUT2D eigenvalue weighted by atomic mass is 9.94. The van der Waals surface area contributed by atoms with Crippen LogP contribution in [0.2, 0.25) is 0 Å². The first-order chi connectivity index (χ1) is 38.6. The minimum atomic E-state index is -4.56. The fourth-order valence-electron chi connectivity index (χ4n) is 8.81. The minimum Gasteiger partial charge on any atom is -0.493 e. The zero-order valence-corrected chi connectivity index (χ0v) is 47.5. The van der Waals surface area contributed by atoms with Crippen LogP contribution in [0.4, 0.5) is 26.3 Å². The van der Waals surface area contributed by atoms with Crippen molar-refractivity contribution in [2.45, 2.75) is 105 Å². The van der Waals surface area contributed by atoms with Crippen LogP contribution in [0, 0.1) is 6.92 Å². The molecule has 0 radical (unpaired) electrons. The fourth-order valence-corrected chi connectivity index (χ4v) is 8.81. The smallest absolute Gasteiger partial charge is 0.417 e. The van der Waals surface area contributed by atoms with E-state index in [0.29, 0.717) is 54.0 Å². The first kappa shape index (κ1) is 61.5. The highest BCUT2D eigenvalue weighted by molar-refractivity contribution is 5.78. The molecule has 13 nitrogen and oxygen atoms in total. The van der Waals surface area contributed by atoms with Gasteiger partial charge in [-0.25, -0.2) is 0 Å². The molecule has 0 aliphatic heterocycles. The zero-order valence-electron chi connectivity index (χ0n) is 47.5. The first-order valence-corrected chi connectivity index (χ1v) is 26.5. The Balaban J connectivity index is 0.000000236. The summed E-state index contributed by atoms with van der Waals surface area (Å²) in [5.74, 6) is 0.647. The first-order valence-electron chi connectivity index (χ1n) is 26.5. The van der Waals surface area contributed by atoms with Crippen molar-refractivity contribution in [1.82, 2.24) is 30.1 Å². The number of alkyl halides is 6. The van der Waals surface area contributed by atoms with E-state index in [4.69, 9.17) is 23.3 Å². The number of nitrogens with zero attached hydrogens (tertiary/aromatic N) is 6. The number of hydrogen-bond acceptors (Lipinski definition) is 13. The second kappa shape index (κ2) is 26.2. The van der Waals surface area contributed by atoms with Crippen molar-refractivity contribution in [3.8, 4) is 73.7 Å². The standard InChI is InChI=1S/C32H34F3N3O3.C31H32F3N3O4/c1-21-9-6-7-10-25(21)26-17-16-24(19-27(26)32(33,34)35)30-36-29(37-41-30)23-14-12-22(13-15-23)20-38(5)18-8-11-28(39)40-31(2,3)4;1-6-39-26-17-22(15-16-24(26)23-9-7-8-10-25(23)31(32,33)34)29-35-28(36-41-29)21-13-11-20(12-14-21)18-37(5)19-27(38)40-30(2,3)4/h6-7,9-10,12-17,19H,8,11,18,20H2,1-5H3;7-17H,6,18-19H2,1-5H3. The van der Waals surface area contributed by atoms with Crippen LogP contribution in [0.15, 0.2) is 143 Å². The molecule has 6 aromatic carbocycles. The van der Waals surface area contributed by atoms with Gasteiger partial charge in [-0.15, -0.1) is 0 Å². The molecule has 0 spiro atoms. The molecule has 19 heteroatoms. The summed E-state index contributed by atoms with van der Waals surface area (Å²) >= 11 is 0. The molecule has 0 N–H and O–H groups in total. The SMILES string of the molecule is CCOc1cc(-c2nc(-c3ccc(CN(C)CC(=O)OC(C)(C)C)cc3)no2)ccc1-c1ccccc1C(F)(F)F.Cc1ccccc1-c1ccc(-c2nc(-c3ccc(CN(C)CCCC(=O)OC(C)(C)C)cc3)no2)cc1C(F)(F)F. The highest BCUT2D eigenvalue weighted by Gasteiger charge is 2.36. The van der Waals surface area contributed by atoms with Gasteiger partial charge in [0, 0.05) is 47.3 Å². The Kier molecular flexibility index (Phi) is 19.6. The molecule has 2 heterocycles. The van der Waals surface area contributed by atoms with E-state index < -0.39 is 34.7 Å². The summed E-state index contributed by atoms with van der Waals surface area (Å²) in [6.45, 7) is 17.0. The number of rotatable bonds is 18. The number of carbonyl (C=O) groups is 2. The summed E-state index contributed by atoms with van der Waals surface area (Å²) in [6.07, 6.45) is -8.02. The van der Waals surface area contributed by atoms with Gasteiger partial charge in [-0.3, -0.25) is 14.5 Å². The number of ether oxygens (including phenoxy) is 3. The van der Waals surface area contributed by atoms with E-state index in [2.05, 4.69) is 25.2 Å². The molecule has 0 aliphatic carbocycles. The predicted octanol–water partition coefficient (Wildman–Crippen LogP) is 15.2. The molecule has 82 heavy (non-hydrogen) atoms. The summed E-state index contributed by atoms with van der Waals surface area (Å²) in [6, 6.07) is 36.3. The summed E-state index contributed by atoms with van der Waals surface area (Å²) < 4.78 is 110. The van der Waals surface area contributed by atoms with Crippen LogP contribution >= 0.6 is 0 Å². The molecule has 432 valence electrons. The topological polar surface area (TPSA) is 146 Å². The van der Waals surface area contributed by atoms with Gasteiger partial charge in [0.2, 0.25) is 11.6 Å². The van der Waals surface area contributed by atoms with E-state index in [1.807, 2.05) is 109 Å². The van der Waals surface area contributed by atoms with Crippen molar-refractivity contribution >= 4 is 11.9 Å². The van der Waals surface area contributed by atoms with E-state index in [0.717, 1.165) is 40.9 Å². The molecule has 0 amide bonds. The lowest BCUT2D eigenvalue weighted by molar-refractivity contribution is -0.156. The largest absolute Gasteiger partial charge is 0.493 e. The average Bonchev–Trinajstić information content (AvgIpc) is 4.20. The van der Waals surface area contributed by atoms with Gasteiger partial charge in [-0.2, -0.15) is 36.3 Å².